The molecule has 0 aliphatic rings. The van der Waals surface area contributed by atoms with Crippen LogP contribution < -0.4 is 10.6 Å². The minimum Gasteiger partial charge on any atom is -0.347 e. The highest BCUT2D eigenvalue weighted by Gasteiger charge is 2.16. The third-order valence-electron chi connectivity index (χ3n) is 3.19. The number of hydrogen-bond acceptors (Lipinski definition) is 2. The predicted octanol–water partition coefficient (Wildman–Crippen LogP) is 4.07. The maximum Gasteiger partial charge on any atom is 0.268 e. The van der Waals surface area contributed by atoms with E-state index >= 15 is 0 Å². The third-order valence-corrected chi connectivity index (χ3v) is 3.73. The highest BCUT2D eigenvalue weighted by atomic mass is 35.5. The Hall–Kier alpha value is -2.56. The molecule has 0 saturated heterocycles. The summed E-state index contributed by atoms with van der Waals surface area (Å²) in [5, 5.41) is 5.86. The molecular formula is C19H16Cl2N2O2. The highest BCUT2D eigenvalue weighted by Crippen LogP contribution is 2.21. The summed E-state index contributed by atoms with van der Waals surface area (Å²) >= 11 is 11.9. The lowest BCUT2D eigenvalue weighted by Gasteiger charge is -2.11. The molecule has 0 atom stereocenters. The van der Waals surface area contributed by atoms with Crippen LogP contribution in [-0.2, 0) is 4.79 Å². The van der Waals surface area contributed by atoms with Gasteiger partial charge >= 0.3 is 0 Å². The van der Waals surface area contributed by atoms with Gasteiger partial charge in [-0.2, -0.15) is 0 Å². The molecule has 4 nitrogen and oxygen atoms in total. The molecule has 0 spiro atoms. The molecule has 0 fully saturated rings. The molecule has 0 aliphatic heterocycles. The fourth-order valence-corrected chi connectivity index (χ4v) is 2.49. The van der Waals surface area contributed by atoms with E-state index in [0.29, 0.717) is 5.02 Å². The summed E-state index contributed by atoms with van der Waals surface area (Å²) in [5.74, 6) is -0.931. The van der Waals surface area contributed by atoms with E-state index in [2.05, 4.69) is 17.2 Å². The second kappa shape index (κ2) is 9.06. The summed E-state index contributed by atoms with van der Waals surface area (Å²) in [6.07, 6.45) is 3.13. The molecule has 2 amide bonds. The van der Waals surface area contributed by atoms with Crippen LogP contribution in [0.15, 0.2) is 66.9 Å². The fourth-order valence-electron chi connectivity index (χ4n) is 2.00. The van der Waals surface area contributed by atoms with Crippen LogP contribution in [-0.4, -0.2) is 18.4 Å². The largest absolute Gasteiger partial charge is 0.347 e. The molecule has 2 aromatic rings. The number of nitrogens with one attached hydrogen (secondary N) is 2. The summed E-state index contributed by atoms with van der Waals surface area (Å²) in [6, 6.07) is 13.7. The molecule has 0 aliphatic carbocycles. The lowest BCUT2D eigenvalue weighted by atomic mass is 10.1. The van der Waals surface area contributed by atoms with Crippen LogP contribution in [0.1, 0.15) is 15.9 Å². The van der Waals surface area contributed by atoms with Crippen molar-refractivity contribution in [3.8, 4) is 0 Å². The molecule has 2 aromatic carbocycles. The van der Waals surface area contributed by atoms with E-state index in [1.807, 2.05) is 30.3 Å². The molecule has 2 rings (SSSR count). The Kier molecular flexibility index (Phi) is 6.81. The van der Waals surface area contributed by atoms with Gasteiger partial charge in [-0.1, -0.05) is 59.6 Å². The minimum atomic E-state index is -0.502. The Bertz CT molecular complexity index is 817. The zero-order valence-corrected chi connectivity index (χ0v) is 14.8. The first-order valence-electron chi connectivity index (χ1n) is 7.43. The van der Waals surface area contributed by atoms with Crippen LogP contribution in [0, 0.1) is 0 Å². The van der Waals surface area contributed by atoms with E-state index in [4.69, 9.17) is 23.2 Å². The zero-order valence-electron chi connectivity index (χ0n) is 13.3. The first-order chi connectivity index (χ1) is 12.0. The van der Waals surface area contributed by atoms with E-state index < -0.39 is 11.8 Å². The standard InChI is InChI=1S/C19H16Cl2N2O2/c1-2-10-22-19(25)17(11-13-6-4-3-5-7-13)23-18(24)15-9-8-14(20)12-16(15)21/h2-9,11-12H,1,10H2,(H,22,25)(H,23,24). The van der Waals surface area contributed by atoms with Crippen molar-refractivity contribution in [3.63, 3.8) is 0 Å². The number of carbonyl (C=O) groups is 2. The molecular weight excluding hydrogens is 359 g/mol. The summed E-state index contributed by atoms with van der Waals surface area (Å²) in [7, 11) is 0. The van der Waals surface area contributed by atoms with Gasteiger partial charge in [0, 0.05) is 11.6 Å². The van der Waals surface area contributed by atoms with E-state index in [-0.39, 0.29) is 22.8 Å². The quantitative estimate of drug-likeness (QED) is 0.591. The smallest absolute Gasteiger partial charge is 0.268 e. The Morgan fingerprint density at radius 3 is 2.44 bits per heavy atom. The predicted molar refractivity (Wildman–Crippen MR) is 102 cm³/mol. The molecule has 25 heavy (non-hydrogen) atoms. The zero-order chi connectivity index (χ0) is 18.2. The van der Waals surface area contributed by atoms with Crippen molar-refractivity contribution < 1.29 is 9.59 Å². The number of carbonyl (C=O) groups excluding carboxylic acids is 2. The molecule has 2 N–H and O–H groups in total. The van der Waals surface area contributed by atoms with Crippen LogP contribution in [0.2, 0.25) is 10.0 Å². The Morgan fingerprint density at radius 2 is 1.80 bits per heavy atom. The van der Waals surface area contributed by atoms with E-state index in [1.165, 1.54) is 12.1 Å². The van der Waals surface area contributed by atoms with Crippen molar-refractivity contribution in [1.29, 1.82) is 0 Å². The van der Waals surface area contributed by atoms with Gasteiger partial charge in [-0.25, -0.2) is 0 Å². The SMILES string of the molecule is C=CCNC(=O)C(=Cc1ccccc1)NC(=O)c1ccc(Cl)cc1Cl. The average molecular weight is 375 g/mol. The molecule has 0 unspecified atom stereocenters. The summed E-state index contributed by atoms with van der Waals surface area (Å²) in [6.45, 7) is 3.83. The van der Waals surface area contributed by atoms with Crippen molar-refractivity contribution in [2.24, 2.45) is 0 Å². The summed E-state index contributed by atoms with van der Waals surface area (Å²) < 4.78 is 0. The van der Waals surface area contributed by atoms with Gasteiger partial charge in [-0.05, 0) is 29.8 Å². The number of rotatable bonds is 6. The fraction of sp³-hybridized carbons (Fsp3) is 0.0526. The first kappa shape index (κ1) is 18.8. The molecule has 0 bridgehead atoms. The lowest BCUT2D eigenvalue weighted by molar-refractivity contribution is -0.117. The molecule has 0 saturated carbocycles. The second-order valence-corrected chi connectivity index (χ2v) is 5.89. The summed E-state index contributed by atoms with van der Waals surface area (Å²) in [5.41, 5.74) is 1.10. The highest BCUT2D eigenvalue weighted by molar-refractivity contribution is 6.36. The maximum absolute atomic E-state index is 12.5. The van der Waals surface area contributed by atoms with Crippen LogP contribution in [0.3, 0.4) is 0 Å². The Morgan fingerprint density at radius 1 is 1.08 bits per heavy atom. The number of hydrogen-bond donors (Lipinski definition) is 2. The van der Waals surface area contributed by atoms with Gasteiger partial charge < -0.3 is 10.6 Å². The normalized spacial score (nSPS) is 10.9. The van der Waals surface area contributed by atoms with Gasteiger partial charge in [0.1, 0.15) is 5.70 Å². The maximum atomic E-state index is 12.5. The van der Waals surface area contributed by atoms with Crippen LogP contribution >= 0.6 is 23.2 Å². The van der Waals surface area contributed by atoms with Crippen molar-refractivity contribution in [3.05, 3.63) is 88.1 Å². The minimum absolute atomic E-state index is 0.101. The first-order valence-corrected chi connectivity index (χ1v) is 8.19. The van der Waals surface area contributed by atoms with Gasteiger partial charge in [0.2, 0.25) is 0 Å². The van der Waals surface area contributed by atoms with Crippen molar-refractivity contribution in [2.75, 3.05) is 6.54 Å². The third kappa shape index (κ3) is 5.48. The summed E-state index contributed by atoms with van der Waals surface area (Å²) in [4.78, 5) is 24.8. The Balaban J connectivity index is 2.29. The lowest BCUT2D eigenvalue weighted by Crippen LogP contribution is -2.35. The van der Waals surface area contributed by atoms with Crippen molar-refractivity contribution in [1.82, 2.24) is 10.6 Å². The second-order valence-electron chi connectivity index (χ2n) is 5.05. The molecule has 6 heteroatoms. The van der Waals surface area contributed by atoms with E-state index in [9.17, 15) is 9.59 Å². The van der Waals surface area contributed by atoms with E-state index in [0.717, 1.165) is 5.56 Å². The van der Waals surface area contributed by atoms with Crippen LogP contribution in [0.5, 0.6) is 0 Å². The van der Waals surface area contributed by atoms with Crippen molar-refractivity contribution >= 4 is 41.1 Å². The van der Waals surface area contributed by atoms with Gasteiger partial charge in [-0.3, -0.25) is 9.59 Å². The van der Waals surface area contributed by atoms with E-state index in [1.54, 1.807) is 18.2 Å². The number of halogens is 2. The number of amides is 2. The average Bonchev–Trinajstić information content (AvgIpc) is 2.59. The topological polar surface area (TPSA) is 58.2 Å². The molecule has 0 radical (unpaired) electrons. The van der Waals surface area contributed by atoms with Crippen molar-refractivity contribution in [2.45, 2.75) is 0 Å². The number of benzene rings is 2. The van der Waals surface area contributed by atoms with Gasteiger partial charge in [-0.15, -0.1) is 6.58 Å². The Labute approximate surface area is 156 Å². The molecule has 0 aromatic heterocycles. The van der Waals surface area contributed by atoms with Gasteiger partial charge in [0.25, 0.3) is 11.8 Å². The van der Waals surface area contributed by atoms with Gasteiger partial charge in [0.05, 0.1) is 10.6 Å². The van der Waals surface area contributed by atoms with Crippen LogP contribution in [0.4, 0.5) is 0 Å². The monoisotopic (exact) mass is 374 g/mol. The van der Waals surface area contributed by atoms with Crippen LogP contribution in [0.25, 0.3) is 6.08 Å². The van der Waals surface area contributed by atoms with Gasteiger partial charge in [0.15, 0.2) is 0 Å². The molecule has 0 heterocycles. The molecule has 128 valence electrons.